The number of nitrogens with one attached hydrogen (secondary N) is 2. The second-order valence-electron chi connectivity index (χ2n) is 6.48. The summed E-state index contributed by atoms with van der Waals surface area (Å²) >= 11 is 0. The Morgan fingerprint density at radius 3 is 2.42 bits per heavy atom. The van der Waals surface area contributed by atoms with Crippen LogP contribution in [0.2, 0.25) is 0 Å². The maximum Gasteiger partial charge on any atom is 0.379 e. The van der Waals surface area contributed by atoms with E-state index in [9.17, 15) is 14.4 Å². The number of esters is 1. The number of amides is 2. The largest absolute Gasteiger partial charge is 0.493 e. The molecule has 10 heteroatoms. The van der Waals surface area contributed by atoms with Crippen molar-refractivity contribution in [2.75, 3.05) is 20.8 Å². The lowest BCUT2D eigenvalue weighted by molar-refractivity contribution is -0.120. The minimum Gasteiger partial charge on any atom is -0.493 e. The number of hydrogen-bond donors (Lipinski definition) is 2. The molecule has 0 radical (unpaired) electrons. The van der Waals surface area contributed by atoms with Crippen LogP contribution >= 0.6 is 0 Å². The molecule has 10 nitrogen and oxygen atoms in total. The van der Waals surface area contributed by atoms with E-state index in [1.807, 2.05) is 0 Å². The topological polar surface area (TPSA) is 128 Å². The number of hydrogen-bond acceptors (Lipinski definition) is 8. The Morgan fingerprint density at radius 1 is 1.00 bits per heavy atom. The number of rotatable bonds is 9. The number of carbonyl (C=O) groups excluding carboxylic acids is 3. The highest BCUT2D eigenvalue weighted by molar-refractivity contribution is 5.97. The third-order valence-electron chi connectivity index (χ3n) is 4.27. The van der Waals surface area contributed by atoms with Gasteiger partial charge < -0.3 is 23.9 Å². The third-order valence-corrected chi connectivity index (χ3v) is 4.27. The number of benzene rings is 2. The number of ether oxygens (including phenoxy) is 3. The highest BCUT2D eigenvalue weighted by atomic mass is 16.5. The predicted molar refractivity (Wildman–Crippen MR) is 118 cm³/mol. The molecular weight excluding hydrogens is 430 g/mol. The fourth-order valence-corrected chi connectivity index (χ4v) is 2.63. The molecule has 0 aliphatic rings. The summed E-state index contributed by atoms with van der Waals surface area (Å²) in [6.07, 6.45) is 2.79. The molecule has 0 bridgehead atoms. The summed E-state index contributed by atoms with van der Waals surface area (Å²) < 4.78 is 20.4. The molecule has 1 heterocycles. The SMILES string of the molecule is COc1ccc(C(=O)NCC(=O)N/N=C/c2ccc(OC(=O)c3ccco3)cc2)cc1OC. The summed E-state index contributed by atoms with van der Waals surface area (Å²) in [5, 5.41) is 6.33. The van der Waals surface area contributed by atoms with Crippen molar-refractivity contribution in [2.45, 2.75) is 0 Å². The molecule has 0 aliphatic heterocycles. The average Bonchev–Trinajstić information content (AvgIpc) is 3.38. The minimum atomic E-state index is -0.608. The van der Waals surface area contributed by atoms with E-state index in [0.29, 0.717) is 28.4 Å². The summed E-state index contributed by atoms with van der Waals surface area (Å²) in [4.78, 5) is 36.0. The zero-order chi connectivity index (χ0) is 23.6. The van der Waals surface area contributed by atoms with Gasteiger partial charge in [0.25, 0.3) is 11.8 Å². The van der Waals surface area contributed by atoms with Gasteiger partial charge in [-0.2, -0.15) is 5.10 Å². The molecule has 0 spiro atoms. The second kappa shape index (κ2) is 11.1. The number of furan rings is 1. The molecule has 0 fully saturated rings. The summed E-state index contributed by atoms with van der Waals surface area (Å²) in [7, 11) is 2.96. The van der Waals surface area contributed by atoms with Gasteiger partial charge in [-0.1, -0.05) is 0 Å². The first-order valence-corrected chi connectivity index (χ1v) is 9.68. The average molecular weight is 451 g/mol. The van der Waals surface area contributed by atoms with Crippen LogP contribution in [-0.4, -0.2) is 44.8 Å². The van der Waals surface area contributed by atoms with Gasteiger partial charge in [-0.05, 0) is 60.2 Å². The highest BCUT2D eigenvalue weighted by Gasteiger charge is 2.12. The fourth-order valence-electron chi connectivity index (χ4n) is 2.63. The van der Waals surface area contributed by atoms with Crippen LogP contribution in [0.1, 0.15) is 26.5 Å². The summed E-state index contributed by atoms with van der Waals surface area (Å²) in [5.74, 6) is -0.245. The summed E-state index contributed by atoms with van der Waals surface area (Å²) in [6, 6.07) is 14.2. The van der Waals surface area contributed by atoms with Gasteiger partial charge in [0.2, 0.25) is 5.76 Å². The van der Waals surface area contributed by atoms with Crippen LogP contribution in [0, 0.1) is 0 Å². The van der Waals surface area contributed by atoms with Gasteiger partial charge in [0.05, 0.1) is 33.2 Å². The molecule has 2 amide bonds. The van der Waals surface area contributed by atoms with Crippen LogP contribution in [0.3, 0.4) is 0 Å². The highest BCUT2D eigenvalue weighted by Crippen LogP contribution is 2.27. The van der Waals surface area contributed by atoms with Crippen molar-refractivity contribution in [1.29, 1.82) is 0 Å². The number of carbonyl (C=O) groups is 3. The minimum absolute atomic E-state index is 0.0987. The zero-order valence-electron chi connectivity index (χ0n) is 17.9. The van der Waals surface area contributed by atoms with Gasteiger partial charge in [0.1, 0.15) is 5.75 Å². The monoisotopic (exact) mass is 451 g/mol. The molecule has 2 N–H and O–H groups in total. The maximum absolute atomic E-state index is 12.2. The fraction of sp³-hybridized carbons (Fsp3) is 0.130. The number of nitrogens with zero attached hydrogens (tertiary/aromatic N) is 1. The first-order chi connectivity index (χ1) is 16.0. The Morgan fingerprint density at radius 2 is 1.76 bits per heavy atom. The van der Waals surface area contributed by atoms with Crippen molar-refractivity contribution >= 4 is 24.0 Å². The van der Waals surface area contributed by atoms with Crippen LogP contribution < -0.4 is 25.0 Å². The molecule has 3 rings (SSSR count). The predicted octanol–water partition coefficient (Wildman–Crippen LogP) is 2.40. The van der Waals surface area contributed by atoms with Crippen LogP contribution in [-0.2, 0) is 4.79 Å². The first kappa shape index (κ1) is 23.1. The van der Waals surface area contributed by atoms with Crippen molar-refractivity contribution in [3.05, 3.63) is 77.7 Å². The zero-order valence-corrected chi connectivity index (χ0v) is 17.9. The quantitative estimate of drug-likeness (QED) is 0.221. The van der Waals surface area contributed by atoms with Crippen LogP contribution in [0.4, 0.5) is 0 Å². The molecule has 0 saturated carbocycles. The number of methoxy groups -OCH3 is 2. The number of hydrazone groups is 1. The van der Waals surface area contributed by atoms with E-state index < -0.39 is 17.8 Å². The standard InChI is InChI=1S/C23H21N3O7/c1-30-18-10-7-16(12-20(18)31-2)22(28)24-14-21(27)26-25-13-15-5-8-17(9-6-15)33-23(29)19-4-3-11-32-19/h3-13H,14H2,1-2H3,(H,24,28)(H,26,27)/b25-13+. The maximum atomic E-state index is 12.2. The van der Waals surface area contributed by atoms with Crippen molar-refractivity contribution in [3.63, 3.8) is 0 Å². The lowest BCUT2D eigenvalue weighted by Crippen LogP contribution is -2.34. The molecule has 0 saturated heterocycles. The van der Waals surface area contributed by atoms with E-state index in [0.717, 1.165) is 0 Å². The lowest BCUT2D eigenvalue weighted by Gasteiger charge is -2.09. The normalized spacial score (nSPS) is 10.5. The third kappa shape index (κ3) is 6.44. The van der Waals surface area contributed by atoms with Crippen molar-refractivity contribution in [3.8, 4) is 17.2 Å². The Balaban J connectivity index is 1.45. The van der Waals surface area contributed by atoms with E-state index in [2.05, 4.69) is 15.8 Å². The smallest absolute Gasteiger partial charge is 0.379 e. The van der Waals surface area contributed by atoms with E-state index in [1.165, 1.54) is 38.8 Å². The second-order valence-corrected chi connectivity index (χ2v) is 6.48. The van der Waals surface area contributed by atoms with Gasteiger partial charge in [-0.3, -0.25) is 9.59 Å². The molecule has 0 atom stereocenters. The van der Waals surface area contributed by atoms with E-state index in [4.69, 9.17) is 18.6 Å². The first-order valence-electron chi connectivity index (χ1n) is 9.68. The lowest BCUT2D eigenvalue weighted by atomic mass is 10.2. The molecule has 1 aromatic heterocycles. The van der Waals surface area contributed by atoms with Crippen LogP contribution in [0.5, 0.6) is 17.2 Å². The van der Waals surface area contributed by atoms with Crippen molar-refractivity contribution in [1.82, 2.24) is 10.7 Å². The van der Waals surface area contributed by atoms with Crippen molar-refractivity contribution < 1.29 is 33.0 Å². The summed E-state index contributed by atoms with van der Waals surface area (Å²) in [5.41, 5.74) is 3.29. The van der Waals surface area contributed by atoms with Gasteiger partial charge in [-0.25, -0.2) is 10.2 Å². The van der Waals surface area contributed by atoms with Gasteiger partial charge in [0, 0.05) is 5.56 Å². The van der Waals surface area contributed by atoms with E-state index >= 15 is 0 Å². The molecule has 0 unspecified atom stereocenters. The molecule has 2 aromatic carbocycles. The van der Waals surface area contributed by atoms with Gasteiger partial charge in [-0.15, -0.1) is 0 Å². The van der Waals surface area contributed by atoms with Crippen molar-refractivity contribution in [2.24, 2.45) is 5.10 Å². The van der Waals surface area contributed by atoms with Gasteiger partial charge >= 0.3 is 5.97 Å². The molecule has 0 aliphatic carbocycles. The van der Waals surface area contributed by atoms with Crippen LogP contribution in [0.15, 0.2) is 70.4 Å². The molecule has 3 aromatic rings. The Labute approximate surface area is 189 Å². The molecule has 33 heavy (non-hydrogen) atoms. The Kier molecular flexibility index (Phi) is 7.79. The molecule has 170 valence electrons. The summed E-state index contributed by atoms with van der Waals surface area (Å²) in [6.45, 7) is -0.272. The Hall–Kier alpha value is -4.60. The Bertz CT molecular complexity index is 1140. The molecular formula is C23H21N3O7. The van der Waals surface area contributed by atoms with E-state index in [-0.39, 0.29) is 12.3 Å². The van der Waals surface area contributed by atoms with Crippen LogP contribution in [0.25, 0.3) is 0 Å². The van der Waals surface area contributed by atoms with E-state index in [1.54, 1.807) is 42.5 Å². The van der Waals surface area contributed by atoms with Gasteiger partial charge in [0.15, 0.2) is 11.5 Å².